The number of carbonyl (C=O) groups excluding carboxylic acids is 1. The Morgan fingerprint density at radius 2 is 1.86 bits per heavy atom. The van der Waals surface area contributed by atoms with E-state index < -0.39 is 5.60 Å². The summed E-state index contributed by atoms with van der Waals surface area (Å²) in [6.45, 7) is 6.90. The highest BCUT2D eigenvalue weighted by Gasteiger charge is 2.15. The number of ether oxygens (including phenoxy) is 2. The molecule has 0 saturated heterocycles. The van der Waals surface area contributed by atoms with E-state index in [1.165, 1.54) is 0 Å². The fourth-order valence-corrected chi connectivity index (χ4v) is 0.774. The van der Waals surface area contributed by atoms with Crippen LogP contribution in [0.2, 0.25) is 0 Å². The van der Waals surface area contributed by atoms with Gasteiger partial charge in [-0.2, -0.15) is 0 Å². The van der Waals surface area contributed by atoms with E-state index in [2.05, 4.69) is 0 Å². The molecule has 0 aliphatic carbocycles. The van der Waals surface area contributed by atoms with E-state index in [4.69, 9.17) is 9.47 Å². The van der Waals surface area contributed by atoms with Crippen LogP contribution in [-0.2, 0) is 14.3 Å². The van der Waals surface area contributed by atoms with Crippen LogP contribution in [-0.4, -0.2) is 50.3 Å². The number of likely N-dealkylation sites (N-methyl/N-ethyl adjacent to an activating group) is 1. The van der Waals surface area contributed by atoms with E-state index in [-0.39, 0.29) is 12.6 Å². The Balaban J connectivity index is 3.46. The maximum atomic E-state index is 11.1. The number of carbonyl (C=O) groups is 1. The number of hydrogen-bond donors (Lipinski definition) is 0. The normalized spacial score (nSPS) is 11.9. The first-order chi connectivity index (χ1) is 6.31. The summed E-state index contributed by atoms with van der Waals surface area (Å²) in [4.78, 5) is 13.1. The number of hydrogen-bond acceptors (Lipinski definition) is 4. The maximum absolute atomic E-state index is 11.1. The average Bonchev–Trinajstić information content (AvgIpc) is 1.94. The largest absolute Gasteiger partial charge is 0.458 e. The second kappa shape index (κ2) is 5.98. The van der Waals surface area contributed by atoms with Crippen molar-refractivity contribution in [2.75, 3.05) is 33.9 Å². The summed E-state index contributed by atoms with van der Waals surface area (Å²) in [5.74, 6) is -0.309. The molecule has 0 heterocycles. The van der Waals surface area contributed by atoms with E-state index >= 15 is 0 Å². The molecule has 4 nitrogen and oxygen atoms in total. The van der Waals surface area contributed by atoms with E-state index in [0.29, 0.717) is 6.61 Å². The molecule has 0 aromatic rings. The Bertz CT molecular complexity index is 173. The van der Waals surface area contributed by atoms with Gasteiger partial charge >= 0.3 is 5.97 Å². The average molecular weight is 203 g/mol. The number of rotatable bonds is 5. The van der Waals surface area contributed by atoms with E-state index in [9.17, 15) is 4.79 Å². The lowest BCUT2D eigenvalue weighted by Gasteiger charge is -2.19. The summed E-state index contributed by atoms with van der Waals surface area (Å²) in [5, 5.41) is 0. The van der Waals surface area contributed by atoms with Crippen LogP contribution < -0.4 is 0 Å². The third-order valence-corrected chi connectivity index (χ3v) is 1.32. The zero-order valence-corrected chi connectivity index (χ0v) is 9.79. The van der Waals surface area contributed by atoms with Gasteiger partial charge in [0.05, 0.1) is 6.61 Å². The van der Waals surface area contributed by atoms with Crippen molar-refractivity contribution in [3.05, 3.63) is 0 Å². The first-order valence-corrected chi connectivity index (χ1v) is 4.75. The number of nitrogens with zero attached hydrogens (tertiary/aromatic N) is 1. The van der Waals surface area contributed by atoms with E-state index in [0.717, 1.165) is 6.54 Å². The first-order valence-electron chi connectivity index (χ1n) is 4.75. The molecule has 0 bridgehead atoms. The van der Waals surface area contributed by atoms with Gasteiger partial charge < -0.3 is 14.4 Å². The molecule has 0 spiro atoms. The van der Waals surface area contributed by atoms with Gasteiger partial charge in [-0.3, -0.25) is 0 Å². The minimum Gasteiger partial charge on any atom is -0.458 e. The van der Waals surface area contributed by atoms with Crippen molar-refractivity contribution in [3.8, 4) is 0 Å². The molecule has 0 fully saturated rings. The van der Waals surface area contributed by atoms with Crippen LogP contribution in [0, 0.1) is 0 Å². The molecule has 4 heteroatoms. The fourth-order valence-electron chi connectivity index (χ4n) is 0.774. The maximum Gasteiger partial charge on any atom is 0.332 e. The summed E-state index contributed by atoms with van der Waals surface area (Å²) < 4.78 is 10.2. The molecule has 0 aromatic heterocycles. The lowest BCUT2D eigenvalue weighted by Crippen LogP contribution is -2.27. The Labute approximate surface area is 86.2 Å². The van der Waals surface area contributed by atoms with Gasteiger partial charge in [-0.1, -0.05) is 0 Å². The predicted octanol–water partition coefficient (Wildman–Crippen LogP) is 0.906. The highest BCUT2D eigenvalue weighted by Crippen LogP contribution is 2.06. The minimum absolute atomic E-state index is 0.0328. The van der Waals surface area contributed by atoms with Crippen LogP contribution >= 0.6 is 0 Å². The predicted molar refractivity (Wildman–Crippen MR) is 55.2 cm³/mol. The molecule has 0 aliphatic rings. The molecule has 0 radical (unpaired) electrons. The summed E-state index contributed by atoms with van der Waals surface area (Å²) in [6, 6.07) is 0. The van der Waals surface area contributed by atoms with Crippen molar-refractivity contribution in [3.63, 3.8) is 0 Å². The van der Waals surface area contributed by atoms with Crippen molar-refractivity contribution < 1.29 is 14.3 Å². The van der Waals surface area contributed by atoms with Crippen molar-refractivity contribution in [1.82, 2.24) is 4.90 Å². The van der Waals surface area contributed by atoms with Gasteiger partial charge in [-0.05, 0) is 34.9 Å². The van der Waals surface area contributed by atoms with Gasteiger partial charge in [0.25, 0.3) is 0 Å². The van der Waals surface area contributed by atoms with Crippen molar-refractivity contribution >= 4 is 5.97 Å². The lowest BCUT2D eigenvalue weighted by atomic mass is 10.2. The molecule has 0 atom stereocenters. The van der Waals surface area contributed by atoms with Crippen LogP contribution in [0.25, 0.3) is 0 Å². The molecule has 0 N–H and O–H groups in total. The Kier molecular flexibility index (Phi) is 5.72. The Hall–Kier alpha value is -0.610. The van der Waals surface area contributed by atoms with Crippen LogP contribution in [0.1, 0.15) is 20.8 Å². The second-order valence-corrected chi connectivity index (χ2v) is 4.44. The molecule has 0 amide bonds. The third kappa shape index (κ3) is 9.48. The van der Waals surface area contributed by atoms with Gasteiger partial charge in [0.2, 0.25) is 0 Å². The molecule has 0 unspecified atom stereocenters. The third-order valence-electron chi connectivity index (χ3n) is 1.32. The summed E-state index contributed by atoms with van der Waals surface area (Å²) in [6.07, 6.45) is 0. The van der Waals surface area contributed by atoms with E-state index in [1.807, 2.05) is 39.8 Å². The minimum atomic E-state index is -0.429. The quantitative estimate of drug-likeness (QED) is 0.491. The molecular weight excluding hydrogens is 182 g/mol. The fraction of sp³-hybridized carbons (Fsp3) is 0.900. The Morgan fingerprint density at radius 3 is 2.29 bits per heavy atom. The zero-order chi connectivity index (χ0) is 11.2. The van der Waals surface area contributed by atoms with Gasteiger partial charge in [0.15, 0.2) is 0 Å². The SMILES string of the molecule is CN(C)CCOCC(=O)OC(C)(C)C. The zero-order valence-electron chi connectivity index (χ0n) is 9.79. The topological polar surface area (TPSA) is 38.8 Å². The molecule has 0 saturated carbocycles. The van der Waals surface area contributed by atoms with Crippen LogP contribution in [0.3, 0.4) is 0 Å². The van der Waals surface area contributed by atoms with Crippen molar-refractivity contribution in [1.29, 1.82) is 0 Å². The van der Waals surface area contributed by atoms with E-state index in [1.54, 1.807) is 0 Å². The van der Waals surface area contributed by atoms with Crippen LogP contribution in [0.4, 0.5) is 0 Å². The van der Waals surface area contributed by atoms with Gasteiger partial charge in [-0.25, -0.2) is 4.79 Å². The summed E-state index contributed by atoms with van der Waals surface area (Å²) in [7, 11) is 3.91. The van der Waals surface area contributed by atoms with Gasteiger partial charge in [-0.15, -0.1) is 0 Å². The standard InChI is InChI=1S/C10H21NO3/c1-10(2,3)14-9(12)8-13-7-6-11(4)5/h6-8H2,1-5H3. The molecule has 0 aliphatic heterocycles. The Morgan fingerprint density at radius 1 is 1.29 bits per heavy atom. The second-order valence-electron chi connectivity index (χ2n) is 4.44. The summed E-state index contributed by atoms with van der Waals surface area (Å²) in [5.41, 5.74) is -0.429. The highest BCUT2D eigenvalue weighted by atomic mass is 16.6. The molecule has 0 rings (SSSR count). The first kappa shape index (κ1) is 13.4. The molecule has 84 valence electrons. The van der Waals surface area contributed by atoms with Crippen LogP contribution in [0.5, 0.6) is 0 Å². The highest BCUT2D eigenvalue weighted by molar-refractivity contribution is 5.71. The molecule has 14 heavy (non-hydrogen) atoms. The monoisotopic (exact) mass is 203 g/mol. The van der Waals surface area contributed by atoms with Crippen molar-refractivity contribution in [2.45, 2.75) is 26.4 Å². The van der Waals surface area contributed by atoms with Gasteiger partial charge in [0, 0.05) is 6.54 Å². The van der Waals surface area contributed by atoms with Gasteiger partial charge in [0.1, 0.15) is 12.2 Å². The number of esters is 1. The lowest BCUT2D eigenvalue weighted by molar-refractivity contribution is -0.160. The summed E-state index contributed by atoms with van der Waals surface area (Å²) >= 11 is 0. The van der Waals surface area contributed by atoms with Crippen LogP contribution in [0.15, 0.2) is 0 Å². The molecular formula is C10H21NO3. The smallest absolute Gasteiger partial charge is 0.332 e. The van der Waals surface area contributed by atoms with Crippen molar-refractivity contribution in [2.24, 2.45) is 0 Å². The molecule has 0 aromatic carbocycles.